The maximum atomic E-state index is 13.3. The Labute approximate surface area is 141 Å². The van der Waals surface area contributed by atoms with Gasteiger partial charge in [0, 0.05) is 18.2 Å². The second-order valence-corrected chi connectivity index (χ2v) is 5.01. The van der Waals surface area contributed by atoms with Crippen molar-refractivity contribution in [2.75, 3.05) is 14.2 Å². The molecule has 0 radical (unpaired) electrons. The van der Waals surface area contributed by atoms with Crippen molar-refractivity contribution in [3.8, 4) is 23.1 Å². The van der Waals surface area contributed by atoms with Crippen molar-refractivity contribution in [1.82, 2.24) is 9.97 Å². The van der Waals surface area contributed by atoms with Crippen molar-refractivity contribution in [3.05, 3.63) is 48.2 Å². The lowest BCUT2D eigenvalue weighted by Crippen LogP contribution is -2.11. The fraction of sp³-hybridized carbons (Fsp3) is 0.176. The first-order valence-corrected chi connectivity index (χ1v) is 7.15. The Balaban J connectivity index is 2.11. The summed E-state index contributed by atoms with van der Waals surface area (Å²) in [6.45, 7) is 0. The number of rotatable bonds is 4. The van der Waals surface area contributed by atoms with Crippen molar-refractivity contribution < 1.29 is 27.4 Å². The molecular weight excluding hydrogens is 337 g/mol. The number of benzene rings is 2. The Kier molecular flexibility index (Phi) is 4.35. The van der Waals surface area contributed by atoms with Gasteiger partial charge in [-0.25, -0.2) is 9.97 Å². The number of fused-ring (bicyclic) bond motifs is 1. The maximum Gasteiger partial charge on any atom is 0.438 e. The lowest BCUT2D eigenvalue weighted by Gasteiger charge is -2.14. The minimum Gasteiger partial charge on any atom is -0.496 e. The molecule has 0 bridgehead atoms. The van der Waals surface area contributed by atoms with Crippen LogP contribution in [0.5, 0.6) is 23.1 Å². The predicted octanol–water partition coefficient (Wildman–Crippen LogP) is 4.46. The summed E-state index contributed by atoms with van der Waals surface area (Å²) in [5.74, 6) is 0.195. The van der Waals surface area contributed by atoms with Crippen LogP contribution in [0, 0.1) is 0 Å². The van der Waals surface area contributed by atoms with E-state index in [-0.39, 0.29) is 11.3 Å². The Morgan fingerprint density at radius 1 is 0.800 bits per heavy atom. The van der Waals surface area contributed by atoms with E-state index in [1.54, 1.807) is 24.3 Å². The van der Waals surface area contributed by atoms with Gasteiger partial charge < -0.3 is 14.2 Å². The smallest absolute Gasteiger partial charge is 0.438 e. The monoisotopic (exact) mass is 350 g/mol. The van der Waals surface area contributed by atoms with Gasteiger partial charge in [-0.05, 0) is 12.1 Å². The van der Waals surface area contributed by atoms with Gasteiger partial charge in [0.25, 0.3) is 5.88 Å². The van der Waals surface area contributed by atoms with Crippen LogP contribution in [-0.2, 0) is 6.18 Å². The Morgan fingerprint density at radius 3 is 1.84 bits per heavy atom. The van der Waals surface area contributed by atoms with E-state index >= 15 is 0 Å². The Bertz CT molecular complexity index is 891. The van der Waals surface area contributed by atoms with Crippen LogP contribution in [-0.4, -0.2) is 24.2 Å². The first-order valence-electron chi connectivity index (χ1n) is 7.15. The van der Waals surface area contributed by atoms with Crippen LogP contribution in [0.4, 0.5) is 13.2 Å². The molecule has 1 heterocycles. The van der Waals surface area contributed by atoms with Gasteiger partial charge in [-0.1, -0.05) is 12.1 Å². The van der Waals surface area contributed by atoms with Gasteiger partial charge >= 0.3 is 6.18 Å². The number of alkyl halides is 3. The molecule has 8 heteroatoms. The molecular formula is C17H13F3N2O3. The minimum absolute atomic E-state index is 0.0891. The molecule has 3 aromatic rings. The summed E-state index contributed by atoms with van der Waals surface area (Å²) < 4.78 is 55.6. The molecule has 0 saturated carbocycles. The number of halogens is 3. The van der Waals surface area contributed by atoms with Crippen LogP contribution in [0.15, 0.2) is 42.5 Å². The van der Waals surface area contributed by atoms with Crippen molar-refractivity contribution in [1.29, 1.82) is 0 Å². The highest BCUT2D eigenvalue weighted by Crippen LogP contribution is 2.38. The number of methoxy groups -OCH3 is 2. The quantitative estimate of drug-likeness (QED) is 0.695. The van der Waals surface area contributed by atoms with E-state index in [2.05, 4.69) is 9.97 Å². The summed E-state index contributed by atoms with van der Waals surface area (Å²) in [6, 6.07) is 10.7. The SMILES string of the molecule is COc1cc(OC)cc(Oc2nc3ccccc3nc2C(F)(F)F)c1. The first kappa shape index (κ1) is 16.8. The molecule has 0 unspecified atom stereocenters. The molecule has 3 rings (SSSR count). The Hall–Kier alpha value is -3.03. The van der Waals surface area contributed by atoms with Gasteiger partial charge in [0.2, 0.25) is 5.69 Å². The van der Waals surface area contributed by atoms with Crippen LogP contribution in [0.1, 0.15) is 5.69 Å². The summed E-state index contributed by atoms with van der Waals surface area (Å²) in [7, 11) is 2.85. The van der Waals surface area contributed by atoms with Crippen molar-refractivity contribution in [2.24, 2.45) is 0 Å². The van der Waals surface area contributed by atoms with Crippen LogP contribution in [0.3, 0.4) is 0 Å². The topological polar surface area (TPSA) is 53.5 Å². The summed E-state index contributed by atoms with van der Waals surface area (Å²) in [6.07, 6.45) is -4.71. The zero-order valence-corrected chi connectivity index (χ0v) is 13.3. The Morgan fingerprint density at radius 2 is 1.32 bits per heavy atom. The van der Waals surface area contributed by atoms with Crippen molar-refractivity contribution in [3.63, 3.8) is 0 Å². The van der Waals surface area contributed by atoms with Gasteiger partial charge in [-0.2, -0.15) is 13.2 Å². The molecule has 0 aliphatic carbocycles. The molecule has 0 amide bonds. The van der Waals surface area contributed by atoms with Crippen LogP contribution in [0.2, 0.25) is 0 Å². The lowest BCUT2D eigenvalue weighted by atomic mass is 10.2. The lowest BCUT2D eigenvalue weighted by molar-refractivity contribution is -0.142. The van der Waals surface area contributed by atoms with Crippen LogP contribution >= 0.6 is 0 Å². The van der Waals surface area contributed by atoms with Gasteiger partial charge in [0.1, 0.15) is 17.2 Å². The fourth-order valence-electron chi connectivity index (χ4n) is 2.19. The molecule has 2 aromatic carbocycles. The molecule has 1 aromatic heterocycles. The van der Waals surface area contributed by atoms with Crippen molar-refractivity contribution >= 4 is 11.0 Å². The molecule has 130 valence electrons. The number of aromatic nitrogens is 2. The zero-order valence-electron chi connectivity index (χ0n) is 13.3. The van der Waals surface area contributed by atoms with E-state index in [0.717, 1.165) is 0 Å². The third-order valence-electron chi connectivity index (χ3n) is 3.35. The van der Waals surface area contributed by atoms with E-state index in [0.29, 0.717) is 17.0 Å². The first-order chi connectivity index (χ1) is 11.9. The summed E-state index contributed by atoms with van der Waals surface area (Å²) in [5.41, 5.74) is -0.779. The van der Waals surface area contributed by atoms with Gasteiger partial charge in [0.05, 0.1) is 25.3 Å². The molecule has 0 fully saturated rings. The standard InChI is InChI=1S/C17H13F3N2O3/c1-23-10-7-11(24-2)9-12(8-10)25-16-15(17(18,19)20)21-13-5-3-4-6-14(13)22-16/h3-9H,1-2H3. The second-order valence-electron chi connectivity index (χ2n) is 5.01. The largest absolute Gasteiger partial charge is 0.496 e. The fourth-order valence-corrected chi connectivity index (χ4v) is 2.19. The number of hydrogen-bond acceptors (Lipinski definition) is 5. The molecule has 0 saturated heterocycles. The molecule has 5 nitrogen and oxygen atoms in total. The van der Waals surface area contributed by atoms with E-state index in [1.807, 2.05) is 0 Å². The molecule has 0 aliphatic heterocycles. The minimum atomic E-state index is -4.71. The molecule has 25 heavy (non-hydrogen) atoms. The van der Waals surface area contributed by atoms with Crippen molar-refractivity contribution in [2.45, 2.75) is 6.18 Å². The van der Waals surface area contributed by atoms with Gasteiger partial charge in [0.15, 0.2) is 0 Å². The van der Waals surface area contributed by atoms with Gasteiger partial charge in [-0.15, -0.1) is 0 Å². The highest BCUT2D eigenvalue weighted by molar-refractivity contribution is 5.75. The summed E-state index contributed by atoms with van der Waals surface area (Å²) in [4.78, 5) is 7.61. The predicted molar refractivity (Wildman–Crippen MR) is 84.2 cm³/mol. The molecule has 0 atom stereocenters. The summed E-state index contributed by atoms with van der Waals surface area (Å²) in [5, 5.41) is 0. The number of nitrogens with zero attached hydrogens (tertiary/aromatic N) is 2. The normalized spacial score (nSPS) is 11.4. The second kappa shape index (κ2) is 6.46. The third kappa shape index (κ3) is 3.57. The van der Waals surface area contributed by atoms with E-state index in [9.17, 15) is 13.2 Å². The highest BCUT2D eigenvalue weighted by atomic mass is 19.4. The van der Waals surface area contributed by atoms with E-state index in [4.69, 9.17) is 14.2 Å². The zero-order chi connectivity index (χ0) is 18.0. The molecule has 0 aliphatic rings. The van der Waals surface area contributed by atoms with Gasteiger partial charge in [-0.3, -0.25) is 0 Å². The average molecular weight is 350 g/mol. The third-order valence-corrected chi connectivity index (χ3v) is 3.35. The highest BCUT2D eigenvalue weighted by Gasteiger charge is 2.38. The molecule has 0 N–H and O–H groups in total. The maximum absolute atomic E-state index is 13.3. The van der Waals surface area contributed by atoms with Crippen LogP contribution in [0.25, 0.3) is 11.0 Å². The number of para-hydroxylation sites is 2. The molecule has 0 spiro atoms. The summed E-state index contributed by atoms with van der Waals surface area (Å²) >= 11 is 0. The average Bonchev–Trinajstić information content (AvgIpc) is 2.59. The number of hydrogen-bond donors (Lipinski definition) is 0. The van der Waals surface area contributed by atoms with E-state index < -0.39 is 17.8 Å². The van der Waals surface area contributed by atoms with E-state index in [1.165, 1.54) is 32.4 Å². The van der Waals surface area contributed by atoms with Crippen LogP contribution < -0.4 is 14.2 Å². The number of ether oxygens (including phenoxy) is 3.